The SMILES string of the molecule is CCc1c(-c2cccc3c2ccn3C)[nH]c(C(=O)O)c1-c1cccc(F)c1. The Bertz CT molecular complexity index is 1170. The Morgan fingerprint density at radius 2 is 1.96 bits per heavy atom. The molecule has 0 aliphatic rings. The molecule has 4 aromatic rings. The molecule has 0 fully saturated rings. The van der Waals surface area contributed by atoms with Crippen LogP contribution >= 0.6 is 0 Å². The molecule has 2 aromatic heterocycles. The Hall–Kier alpha value is -3.34. The van der Waals surface area contributed by atoms with Gasteiger partial charge in [0, 0.05) is 35.3 Å². The van der Waals surface area contributed by atoms with Crippen LogP contribution < -0.4 is 0 Å². The van der Waals surface area contributed by atoms with E-state index in [0.29, 0.717) is 17.5 Å². The van der Waals surface area contributed by atoms with Crippen LogP contribution in [0.4, 0.5) is 4.39 Å². The summed E-state index contributed by atoms with van der Waals surface area (Å²) in [6.07, 6.45) is 2.60. The number of nitrogens with one attached hydrogen (secondary N) is 1. The standard InChI is InChI=1S/C22H19FN2O2/c1-3-15-19(13-6-4-7-14(23)12-13)21(22(26)27)24-20(15)17-8-5-9-18-16(17)10-11-25(18)2/h4-12,24H,3H2,1-2H3,(H,26,27). The van der Waals surface area contributed by atoms with E-state index in [-0.39, 0.29) is 11.5 Å². The zero-order chi connectivity index (χ0) is 19.1. The van der Waals surface area contributed by atoms with Gasteiger partial charge in [0.15, 0.2) is 0 Å². The summed E-state index contributed by atoms with van der Waals surface area (Å²) in [6.45, 7) is 1.98. The summed E-state index contributed by atoms with van der Waals surface area (Å²) < 4.78 is 15.8. The minimum absolute atomic E-state index is 0.0837. The van der Waals surface area contributed by atoms with E-state index in [1.165, 1.54) is 12.1 Å². The zero-order valence-electron chi connectivity index (χ0n) is 15.1. The summed E-state index contributed by atoms with van der Waals surface area (Å²) in [5, 5.41) is 10.8. The smallest absolute Gasteiger partial charge is 0.352 e. The fraction of sp³-hybridized carbons (Fsp3) is 0.136. The zero-order valence-corrected chi connectivity index (χ0v) is 15.1. The van der Waals surface area contributed by atoms with Crippen molar-refractivity contribution in [2.24, 2.45) is 7.05 Å². The van der Waals surface area contributed by atoms with Crippen molar-refractivity contribution in [1.82, 2.24) is 9.55 Å². The lowest BCUT2D eigenvalue weighted by molar-refractivity contribution is 0.0692. The average Bonchev–Trinajstić information content (AvgIpc) is 3.23. The van der Waals surface area contributed by atoms with Crippen molar-refractivity contribution in [2.75, 3.05) is 0 Å². The van der Waals surface area contributed by atoms with E-state index < -0.39 is 5.97 Å². The molecule has 0 saturated heterocycles. The number of aromatic nitrogens is 2. The Balaban J connectivity index is 2.05. The highest BCUT2D eigenvalue weighted by Crippen LogP contribution is 2.38. The van der Waals surface area contributed by atoms with E-state index in [1.54, 1.807) is 12.1 Å². The minimum atomic E-state index is -1.06. The lowest BCUT2D eigenvalue weighted by atomic mass is 9.95. The third kappa shape index (κ3) is 2.72. The van der Waals surface area contributed by atoms with Gasteiger partial charge in [0.25, 0.3) is 0 Å². The van der Waals surface area contributed by atoms with Gasteiger partial charge in [-0.05, 0) is 41.8 Å². The van der Waals surface area contributed by atoms with Crippen LogP contribution in [0.15, 0.2) is 54.7 Å². The number of carboxylic acids is 1. The second-order valence-corrected chi connectivity index (χ2v) is 6.56. The number of carboxylic acid groups (broad SMARTS) is 1. The van der Waals surface area contributed by atoms with Crippen LogP contribution in [0.25, 0.3) is 33.3 Å². The first-order chi connectivity index (χ1) is 13.0. The predicted molar refractivity (Wildman–Crippen MR) is 104 cm³/mol. The van der Waals surface area contributed by atoms with Crippen LogP contribution in [-0.2, 0) is 13.5 Å². The number of H-pyrrole nitrogens is 1. The first kappa shape index (κ1) is 17.1. The van der Waals surface area contributed by atoms with Crippen molar-refractivity contribution in [2.45, 2.75) is 13.3 Å². The van der Waals surface area contributed by atoms with E-state index in [1.807, 2.05) is 49.0 Å². The molecule has 5 heteroatoms. The van der Waals surface area contributed by atoms with Gasteiger partial charge in [-0.15, -0.1) is 0 Å². The third-order valence-corrected chi connectivity index (χ3v) is 4.98. The molecule has 0 amide bonds. The number of hydrogen-bond acceptors (Lipinski definition) is 1. The van der Waals surface area contributed by atoms with Crippen molar-refractivity contribution in [3.63, 3.8) is 0 Å². The number of hydrogen-bond donors (Lipinski definition) is 2. The number of rotatable bonds is 4. The molecule has 0 aliphatic heterocycles. The second kappa shape index (κ2) is 6.43. The minimum Gasteiger partial charge on any atom is -0.477 e. The summed E-state index contributed by atoms with van der Waals surface area (Å²) in [7, 11) is 1.97. The third-order valence-electron chi connectivity index (χ3n) is 4.98. The summed E-state index contributed by atoms with van der Waals surface area (Å²) in [4.78, 5) is 15.0. The van der Waals surface area contributed by atoms with E-state index in [4.69, 9.17) is 0 Å². The number of aryl methyl sites for hydroxylation is 1. The van der Waals surface area contributed by atoms with Gasteiger partial charge in [-0.2, -0.15) is 0 Å². The fourth-order valence-corrected chi connectivity index (χ4v) is 3.77. The van der Waals surface area contributed by atoms with Gasteiger partial charge in [-0.3, -0.25) is 0 Å². The van der Waals surface area contributed by atoms with Crippen molar-refractivity contribution >= 4 is 16.9 Å². The molecule has 0 bridgehead atoms. The van der Waals surface area contributed by atoms with E-state index >= 15 is 0 Å². The Kier molecular flexibility index (Phi) is 4.07. The van der Waals surface area contributed by atoms with Crippen LogP contribution in [0, 0.1) is 5.82 Å². The number of benzene rings is 2. The number of nitrogens with zero attached hydrogens (tertiary/aromatic N) is 1. The molecule has 4 rings (SSSR count). The molecule has 136 valence electrons. The topological polar surface area (TPSA) is 58.0 Å². The van der Waals surface area contributed by atoms with Crippen LogP contribution in [0.1, 0.15) is 23.0 Å². The van der Waals surface area contributed by atoms with E-state index in [2.05, 4.69) is 4.98 Å². The van der Waals surface area contributed by atoms with Gasteiger partial charge in [0.2, 0.25) is 0 Å². The van der Waals surface area contributed by atoms with Crippen LogP contribution in [0.5, 0.6) is 0 Å². The predicted octanol–water partition coefficient (Wildman–Crippen LogP) is 5.24. The lowest BCUT2D eigenvalue weighted by Gasteiger charge is -2.08. The maximum atomic E-state index is 13.8. The van der Waals surface area contributed by atoms with Crippen molar-refractivity contribution in [3.05, 3.63) is 71.8 Å². The molecule has 27 heavy (non-hydrogen) atoms. The van der Waals surface area contributed by atoms with Crippen molar-refractivity contribution in [3.8, 4) is 22.4 Å². The Morgan fingerprint density at radius 3 is 2.67 bits per heavy atom. The molecule has 4 nitrogen and oxygen atoms in total. The molecule has 0 saturated carbocycles. The van der Waals surface area contributed by atoms with Crippen LogP contribution in [0.2, 0.25) is 0 Å². The molecule has 0 atom stereocenters. The average molecular weight is 362 g/mol. The largest absolute Gasteiger partial charge is 0.477 e. The molecule has 0 unspecified atom stereocenters. The van der Waals surface area contributed by atoms with Gasteiger partial charge in [-0.25, -0.2) is 9.18 Å². The highest BCUT2D eigenvalue weighted by molar-refractivity contribution is 6.02. The maximum Gasteiger partial charge on any atom is 0.352 e. The first-order valence-electron chi connectivity index (χ1n) is 8.79. The highest BCUT2D eigenvalue weighted by Gasteiger charge is 2.24. The van der Waals surface area contributed by atoms with Gasteiger partial charge in [0.1, 0.15) is 11.5 Å². The monoisotopic (exact) mass is 362 g/mol. The summed E-state index contributed by atoms with van der Waals surface area (Å²) >= 11 is 0. The first-order valence-corrected chi connectivity index (χ1v) is 8.79. The summed E-state index contributed by atoms with van der Waals surface area (Å²) in [6, 6.07) is 14.1. The van der Waals surface area contributed by atoms with E-state index in [0.717, 1.165) is 27.7 Å². The number of aromatic carboxylic acids is 1. The number of fused-ring (bicyclic) bond motifs is 1. The van der Waals surface area contributed by atoms with Gasteiger partial charge in [0.05, 0.1) is 5.69 Å². The Morgan fingerprint density at radius 1 is 1.19 bits per heavy atom. The quantitative estimate of drug-likeness (QED) is 0.521. The van der Waals surface area contributed by atoms with Gasteiger partial charge >= 0.3 is 5.97 Å². The second-order valence-electron chi connectivity index (χ2n) is 6.56. The molecule has 0 aliphatic carbocycles. The van der Waals surface area contributed by atoms with Crippen LogP contribution in [0.3, 0.4) is 0 Å². The molecule has 2 aromatic carbocycles. The maximum absolute atomic E-state index is 13.8. The molecule has 2 heterocycles. The van der Waals surface area contributed by atoms with Gasteiger partial charge < -0.3 is 14.7 Å². The number of aromatic amines is 1. The van der Waals surface area contributed by atoms with Crippen LogP contribution in [-0.4, -0.2) is 20.6 Å². The summed E-state index contributed by atoms with van der Waals surface area (Å²) in [5.41, 5.74) is 4.84. The molecule has 0 radical (unpaired) electrons. The van der Waals surface area contributed by atoms with Gasteiger partial charge in [-0.1, -0.05) is 31.2 Å². The summed E-state index contributed by atoms with van der Waals surface area (Å²) in [5.74, 6) is -1.45. The molecular formula is C22H19FN2O2. The fourth-order valence-electron chi connectivity index (χ4n) is 3.77. The highest BCUT2D eigenvalue weighted by atomic mass is 19.1. The number of halogens is 1. The molecular weight excluding hydrogens is 343 g/mol. The van der Waals surface area contributed by atoms with Crippen molar-refractivity contribution < 1.29 is 14.3 Å². The Labute approximate surface area is 155 Å². The molecule has 2 N–H and O–H groups in total. The van der Waals surface area contributed by atoms with E-state index in [9.17, 15) is 14.3 Å². The number of carbonyl (C=O) groups is 1. The normalized spacial score (nSPS) is 11.2. The lowest BCUT2D eigenvalue weighted by Crippen LogP contribution is -1.99. The molecule has 0 spiro atoms. The van der Waals surface area contributed by atoms with Crippen molar-refractivity contribution in [1.29, 1.82) is 0 Å².